The van der Waals surface area contributed by atoms with Gasteiger partial charge in [-0.1, -0.05) is 13.8 Å². The molecule has 2 rings (SSSR count). The van der Waals surface area contributed by atoms with Gasteiger partial charge in [-0.05, 0) is 31.4 Å². The molecule has 1 N–H and O–H groups in total. The van der Waals surface area contributed by atoms with E-state index in [2.05, 4.69) is 5.32 Å². The lowest BCUT2D eigenvalue weighted by atomic mass is 10.1. The number of ether oxygens (including phenoxy) is 2. The summed E-state index contributed by atoms with van der Waals surface area (Å²) in [5, 5.41) is 2.96. The standard InChI is InChI=1S/C17H26N2O5S/c1-4-13(5-2)18-17(20)7-6-10-19(25(3,21)22)14-8-9-15-16(11-14)24-12-23-15/h8-9,11,13H,4-7,10,12H2,1-3H3,(H,18,20). The van der Waals surface area contributed by atoms with Crippen LogP contribution in [0, 0.1) is 0 Å². The number of nitrogens with one attached hydrogen (secondary N) is 1. The van der Waals surface area contributed by atoms with Gasteiger partial charge < -0.3 is 14.8 Å². The molecule has 140 valence electrons. The number of anilines is 1. The summed E-state index contributed by atoms with van der Waals surface area (Å²) in [6.07, 6.45) is 3.65. The number of rotatable bonds is 9. The van der Waals surface area contributed by atoms with Crippen LogP contribution < -0.4 is 19.1 Å². The van der Waals surface area contributed by atoms with Crippen molar-refractivity contribution in [1.82, 2.24) is 5.32 Å². The van der Waals surface area contributed by atoms with E-state index in [9.17, 15) is 13.2 Å². The van der Waals surface area contributed by atoms with E-state index in [1.807, 2.05) is 13.8 Å². The smallest absolute Gasteiger partial charge is 0.232 e. The zero-order valence-electron chi connectivity index (χ0n) is 14.9. The number of hydrogen-bond donors (Lipinski definition) is 1. The summed E-state index contributed by atoms with van der Waals surface area (Å²) in [5.74, 6) is 1.08. The van der Waals surface area contributed by atoms with Crippen molar-refractivity contribution in [3.63, 3.8) is 0 Å². The van der Waals surface area contributed by atoms with Gasteiger partial charge in [-0.3, -0.25) is 9.10 Å². The lowest BCUT2D eigenvalue weighted by Gasteiger charge is -2.23. The molecule has 1 aromatic carbocycles. The summed E-state index contributed by atoms with van der Waals surface area (Å²) in [7, 11) is -3.46. The van der Waals surface area contributed by atoms with E-state index >= 15 is 0 Å². The molecule has 0 bridgehead atoms. The number of sulfonamides is 1. The Hall–Kier alpha value is -1.96. The molecular formula is C17H26N2O5S. The summed E-state index contributed by atoms with van der Waals surface area (Å²) in [5.41, 5.74) is 0.507. The van der Waals surface area contributed by atoms with Crippen molar-refractivity contribution in [3.05, 3.63) is 18.2 Å². The zero-order valence-corrected chi connectivity index (χ0v) is 15.8. The Morgan fingerprint density at radius 1 is 1.24 bits per heavy atom. The average molecular weight is 370 g/mol. The maximum atomic E-state index is 12.1. The molecule has 1 aromatic rings. The Balaban J connectivity index is 1.99. The van der Waals surface area contributed by atoms with Crippen LogP contribution in [-0.4, -0.2) is 40.0 Å². The second-order valence-electron chi connectivity index (χ2n) is 6.06. The van der Waals surface area contributed by atoms with Crippen molar-refractivity contribution in [1.29, 1.82) is 0 Å². The van der Waals surface area contributed by atoms with Gasteiger partial charge in [0.1, 0.15) is 0 Å². The molecular weight excluding hydrogens is 344 g/mol. The van der Waals surface area contributed by atoms with Gasteiger partial charge in [0.2, 0.25) is 22.7 Å². The quantitative estimate of drug-likeness (QED) is 0.721. The SMILES string of the molecule is CCC(CC)NC(=O)CCCN(c1ccc2c(c1)OCO2)S(C)(=O)=O. The maximum Gasteiger partial charge on any atom is 0.232 e. The summed E-state index contributed by atoms with van der Waals surface area (Å²) >= 11 is 0. The zero-order chi connectivity index (χ0) is 18.4. The summed E-state index contributed by atoms with van der Waals surface area (Å²) < 4.78 is 36.1. The summed E-state index contributed by atoms with van der Waals surface area (Å²) in [4.78, 5) is 12.0. The molecule has 0 unspecified atom stereocenters. The lowest BCUT2D eigenvalue weighted by Crippen LogP contribution is -2.35. The van der Waals surface area contributed by atoms with Crippen LogP contribution in [0.15, 0.2) is 18.2 Å². The summed E-state index contributed by atoms with van der Waals surface area (Å²) in [6, 6.07) is 5.19. The molecule has 0 saturated heterocycles. The van der Waals surface area contributed by atoms with Crippen LogP contribution >= 0.6 is 0 Å². The molecule has 1 aliphatic rings. The molecule has 8 heteroatoms. The second-order valence-corrected chi connectivity index (χ2v) is 7.96. The number of benzene rings is 1. The van der Waals surface area contributed by atoms with Crippen LogP contribution in [0.5, 0.6) is 11.5 Å². The highest BCUT2D eigenvalue weighted by Gasteiger charge is 2.21. The molecule has 0 saturated carbocycles. The van der Waals surface area contributed by atoms with Crippen LogP contribution in [0.3, 0.4) is 0 Å². The molecule has 25 heavy (non-hydrogen) atoms. The molecule has 0 aromatic heterocycles. The Morgan fingerprint density at radius 2 is 1.92 bits per heavy atom. The topological polar surface area (TPSA) is 84.9 Å². The number of amides is 1. The minimum atomic E-state index is -3.46. The van der Waals surface area contributed by atoms with Gasteiger partial charge in [-0.15, -0.1) is 0 Å². The Labute approximate surface area is 149 Å². The molecule has 0 fully saturated rings. The molecule has 1 amide bonds. The maximum absolute atomic E-state index is 12.1. The third-order valence-electron chi connectivity index (χ3n) is 4.16. The van der Waals surface area contributed by atoms with Crippen LogP contribution in [-0.2, 0) is 14.8 Å². The van der Waals surface area contributed by atoms with Crippen molar-refractivity contribution in [2.24, 2.45) is 0 Å². The first-order valence-electron chi connectivity index (χ1n) is 8.51. The van der Waals surface area contributed by atoms with E-state index in [0.29, 0.717) is 23.6 Å². The molecule has 0 radical (unpaired) electrons. The van der Waals surface area contributed by atoms with Gasteiger partial charge in [0, 0.05) is 25.1 Å². The van der Waals surface area contributed by atoms with E-state index in [4.69, 9.17) is 9.47 Å². The van der Waals surface area contributed by atoms with Crippen LogP contribution in [0.4, 0.5) is 5.69 Å². The van der Waals surface area contributed by atoms with E-state index in [-0.39, 0.29) is 31.7 Å². The minimum absolute atomic E-state index is 0.0483. The normalized spacial score (nSPS) is 13.1. The van der Waals surface area contributed by atoms with Gasteiger partial charge >= 0.3 is 0 Å². The first-order chi connectivity index (χ1) is 11.8. The average Bonchev–Trinajstić information content (AvgIpc) is 3.03. The summed E-state index contributed by atoms with van der Waals surface area (Å²) in [6.45, 7) is 4.42. The van der Waals surface area contributed by atoms with Crippen molar-refractivity contribution in [3.8, 4) is 11.5 Å². The van der Waals surface area contributed by atoms with Gasteiger partial charge in [-0.25, -0.2) is 8.42 Å². The number of hydrogen-bond acceptors (Lipinski definition) is 5. The second kappa shape index (κ2) is 8.42. The third-order valence-corrected chi connectivity index (χ3v) is 5.35. The highest BCUT2D eigenvalue weighted by atomic mass is 32.2. The highest BCUT2D eigenvalue weighted by Crippen LogP contribution is 2.36. The largest absolute Gasteiger partial charge is 0.454 e. The van der Waals surface area contributed by atoms with Gasteiger partial charge in [0.25, 0.3) is 0 Å². The predicted molar refractivity (Wildman–Crippen MR) is 96.5 cm³/mol. The third kappa shape index (κ3) is 5.26. The number of fused-ring (bicyclic) bond motifs is 1. The fourth-order valence-corrected chi connectivity index (χ4v) is 3.66. The molecule has 1 heterocycles. The van der Waals surface area contributed by atoms with Crippen molar-refractivity contribution in [2.45, 2.75) is 45.6 Å². The van der Waals surface area contributed by atoms with Crippen LogP contribution in [0.25, 0.3) is 0 Å². The van der Waals surface area contributed by atoms with E-state index in [0.717, 1.165) is 19.1 Å². The predicted octanol–water partition coefficient (Wildman–Crippen LogP) is 2.27. The van der Waals surface area contributed by atoms with E-state index in [1.54, 1.807) is 18.2 Å². The van der Waals surface area contributed by atoms with E-state index in [1.165, 1.54) is 4.31 Å². The Morgan fingerprint density at radius 3 is 2.56 bits per heavy atom. The Kier molecular flexibility index (Phi) is 6.52. The Bertz CT molecular complexity index is 701. The van der Waals surface area contributed by atoms with Crippen LogP contribution in [0.2, 0.25) is 0 Å². The molecule has 7 nitrogen and oxygen atoms in total. The molecule has 0 atom stereocenters. The monoisotopic (exact) mass is 370 g/mol. The minimum Gasteiger partial charge on any atom is -0.454 e. The molecule has 1 aliphatic heterocycles. The highest BCUT2D eigenvalue weighted by molar-refractivity contribution is 7.92. The van der Waals surface area contributed by atoms with Gasteiger partial charge in [-0.2, -0.15) is 0 Å². The number of carbonyl (C=O) groups excluding carboxylic acids is 1. The fraction of sp³-hybridized carbons (Fsp3) is 0.588. The van der Waals surface area contributed by atoms with Crippen LogP contribution in [0.1, 0.15) is 39.5 Å². The van der Waals surface area contributed by atoms with Gasteiger partial charge in [0.15, 0.2) is 11.5 Å². The van der Waals surface area contributed by atoms with Crippen molar-refractivity contribution < 1.29 is 22.7 Å². The lowest BCUT2D eigenvalue weighted by molar-refractivity contribution is -0.121. The van der Waals surface area contributed by atoms with Crippen molar-refractivity contribution in [2.75, 3.05) is 23.9 Å². The first-order valence-corrected chi connectivity index (χ1v) is 10.4. The number of carbonyl (C=O) groups is 1. The molecule has 0 aliphatic carbocycles. The van der Waals surface area contributed by atoms with E-state index < -0.39 is 10.0 Å². The van der Waals surface area contributed by atoms with Crippen molar-refractivity contribution >= 4 is 21.6 Å². The van der Waals surface area contributed by atoms with Gasteiger partial charge in [0.05, 0.1) is 11.9 Å². The first kappa shape index (κ1) is 19.4. The molecule has 0 spiro atoms. The fourth-order valence-electron chi connectivity index (χ4n) is 2.70. The number of nitrogens with zero attached hydrogens (tertiary/aromatic N) is 1.